The summed E-state index contributed by atoms with van der Waals surface area (Å²) in [6.45, 7) is 2.69. The van der Waals surface area contributed by atoms with Crippen LogP contribution in [0.1, 0.15) is 6.92 Å². The van der Waals surface area contributed by atoms with Crippen molar-refractivity contribution in [3.63, 3.8) is 0 Å². The van der Waals surface area contributed by atoms with Gasteiger partial charge in [0.15, 0.2) is 0 Å². The fourth-order valence-corrected chi connectivity index (χ4v) is 2.37. The molecule has 0 aromatic carbocycles. The van der Waals surface area contributed by atoms with Crippen LogP contribution in [0, 0.1) is 0 Å². The van der Waals surface area contributed by atoms with Crippen LogP contribution in [0.3, 0.4) is 0 Å². The predicted molar refractivity (Wildman–Crippen MR) is 73.3 cm³/mol. The topological polar surface area (TPSA) is 87.5 Å². The van der Waals surface area contributed by atoms with E-state index in [4.69, 9.17) is 9.84 Å². The fraction of sp³-hybridized carbons (Fsp3) is 0.800. The van der Waals surface area contributed by atoms with E-state index in [1.54, 1.807) is 11.8 Å². The Morgan fingerprint density at radius 1 is 1.61 bits per heavy atom. The third kappa shape index (κ3) is 5.49. The minimum absolute atomic E-state index is 0.117. The Morgan fingerprint density at radius 3 is 2.94 bits per heavy atom. The highest BCUT2D eigenvalue weighted by molar-refractivity contribution is 7.99. The SMILES string of the molecule is CSC(CO)C(C)NCC(O)COc1cnsn1. The number of aliphatic hydroxyl groups is 2. The summed E-state index contributed by atoms with van der Waals surface area (Å²) in [5, 5.41) is 22.1. The maximum Gasteiger partial charge on any atom is 0.245 e. The Balaban J connectivity index is 2.18. The number of thioether (sulfide) groups is 1. The first-order valence-electron chi connectivity index (χ1n) is 5.62. The number of nitrogens with zero attached hydrogens (tertiary/aromatic N) is 2. The Labute approximate surface area is 115 Å². The van der Waals surface area contributed by atoms with E-state index in [2.05, 4.69) is 14.1 Å². The van der Waals surface area contributed by atoms with Crippen molar-refractivity contribution in [2.45, 2.75) is 24.3 Å². The van der Waals surface area contributed by atoms with Gasteiger partial charge in [0.05, 0.1) is 18.3 Å². The molecule has 1 heterocycles. The predicted octanol–water partition coefficient (Wildman–Crippen LogP) is -0.0202. The first-order valence-corrected chi connectivity index (χ1v) is 7.64. The van der Waals surface area contributed by atoms with E-state index in [-0.39, 0.29) is 24.5 Å². The van der Waals surface area contributed by atoms with Crippen LogP contribution in [-0.4, -0.2) is 62.4 Å². The second-order valence-electron chi connectivity index (χ2n) is 3.86. The minimum atomic E-state index is -0.615. The minimum Gasteiger partial charge on any atom is -0.473 e. The first kappa shape index (κ1) is 15.6. The fourth-order valence-electron chi connectivity index (χ4n) is 1.35. The van der Waals surface area contributed by atoms with Crippen molar-refractivity contribution in [1.29, 1.82) is 0 Å². The van der Waals surface area contributed by atoms with Gasteiger partial charge in [0, 0.05) is 17.8 Å². The summed E-state index contributed by atoms with van der Waals surface area (Å²) in [5.41, 5.74) is 0. The van der Waals surface area contributed by atoms with Crippen molar-refractivity contribution in [3.05, 3.63) is 6.20 Å². The second-order valence-corrected chi connectivity index (χ2v) is 5.50. The molecule has 0 saturated carbocycles. The van der Waals surface area contributed by atoms with Crippen LogP contribution in [0.5, 0.6) is 5.88 Å². The van der Waals surface area contributed by atoms with Crippen LogP contribution in [0.4, 0.5) is 0 Å². The number of hydrogen-bond donors (Lipinski definition) is 3. The Bertz CT molecular complexity index is 309. The summed E-state index contributed by atoms with van der Waals surface area (Å²) in [6, 6.07) is 0.126. The third-order valence-corrected chi connectivity index (χ3v) is 4.10. The van der Waals surface area contributed by atoms with E-state index in [1.165, 1.54) is 6.20 Å². The van der Waals surface area contributed by atoms with Gasteiger partial charge in [0.1, 0.15) is 18.9 Å². The highest BCUT2D eigenvalue weighted by atomic mass is 32.2. The lowest BCUT2D eigenvalue weighted by atomic mass is 10.2. The van der Waals surface area contributed by atoms with E-state index in [9.17, 15) is 5.11 Å². The third-order valence-electron chi connectivity index (χ3n) is 2.48. The molecule has 3 atom stereocenters. The maximum atomic E-state index is 9.72. The van der Waals surface area contributed by atoms with Gasteiger partial charge in [-0.1, -0.05) is 0 Å². The Hall–Kier alpha value is -0.410. The lowest BCUT2D eigenvalue weighted by Gasteiger charge is -2.22. The Morgan fingerprint density at radius 2 is 2.39 bits per heavy atom. The maximum absolute atomic E-state index is 9.72. The molecular weight excluding hydrogens is 274 g/mol. The molecule has 18 heavy (non-hydrogen) atoms. The van der Waals surface area contributed by atoms with E-state index in [0.29, 0.717) is 12.4 Å². The highest BCUT2D eigenvalue weighted by Crippen LogP contribution is 2.10. The van der Waals surface area contributed by atoms with Gasteiger partial charge in [-0.15, -0.1) is 4.37 Å². The van der Waals surface area contributed by atoms with Crippen molar-refractivity contribution >= 4 is 23.5 Å². The number of ether oxygens (including phenoxy) is 1. The molecule has 0 radical (unpaired) electrons. The molecule has 0 aliphatic rings. The van der Waals surface area contributed by atoms with Crippen LogP contribution in [0.2, 0.25) is 0 Å². The quantitative estimate of drug-likeness (QED) is 0.590. The Kier molecular flexibility index (Phi) is 7.52. The molecule has 1 aromatic rings. The number of rotatable bonds is 9. The van der Waals surface area contributed by atoms with Crippen molar-refractivity contribution in [2.24, 2.45) is 0 Å². The molecule has 0 aliphatic carbocycles. The lowest BCUT2D eigenvalue weighted by molar-refractivity contribution is 0.101. The van der Waals surface area contributed by atoms with Gasteiger partial charge >= 0.3 is 0 Å². The zero-order valence-electron chi connectivity index (χ0n) is 10.4. The van der Waals surface area contributed by atoms with Crippen LogP contribution in [0.25, 0.3) is 0 Å². The zero-order valence-corrected chi connectivity index (χ0v) is 12.1. The average molecular weight is 293 g/mol. The number of nitrogens with one attached hydrogen (secondary N) is 1. The highest BCUT2D eigenvalue weighted by Gasteiger charge is 2.16. The van der Waals surface area contributed by atoms with Crippen molar-refractivity contribution < 1.29 is 14.9 Å². The van der Waals surface area contributed by atoms with Gasteiger partial charge in [-0.3, -0.25) is 0 Å². The summed E-state index contributed by atoms with van der Waals surface area (Å²) in [4.78, 5) is 0. The molecule has 0 bridgehead atoms. The molecule has 0 spiro atoms. The number of hydrogen-bond acceptors (Lipinski definition) is 8. The van der Waals surface area contributed by atoms with Crippen LogP contribution in [0.15, 0.2) is 6.20 Å². The molecule has 0 saturated heterocycles. The number of aliphatic hydroxyl groups excluding tert-OH is 2. The van der Waals surface area contributed by atoms with Crippen molar-refractivity contribution in [3.8, 4) is 5.88 Å². The molecular formula is C10H19N3O3S2. The second kappa shape index (κ2) is 8.65. The summed E-state index contributed by atoms with van der Waals surface area (Å²) in [7, 11) is 0. The number of aromatic nitrogens is 2. The van der Waals surface area contributed by atoms with Crippen LogP contribution in [-0.2, 0) is 0 Å². The van der Waals surface area contributed by atoms with Crippen LogP contribution < -0.4 is 10.1 Å². The van der Waals surface area contributed by atoms with Gasteiger partial charge in [-0.2, -0.15) is 16.1 Å². The van der Waals surface area contributed by atoms with Gasteiger partial charge in [-0.05, 0) is 13.2 Å². The van der Waals surface area contributed by atoms with Crippen molar-refractivity contribution in [2.75, 3.05) is 26.0 Å². The average Bonchev–Trinajstić information content (AvgIpc) is 2.88. The molecule has 1 rings (SSSR count). The van der Waals surface area contributed by atoms with E-state index >= 15 is 0 Å². The van der Waals surface area contributed by atoms with E-state index < -0.39 is 6.10 Å². The standard InChI is InChI=1S/C10H19N3O3S2/c1-7(9(5-14)17-2)11-3-8(15)6-16-10-4-12-18-13-10/h4,7-9,11,14-15H,3,5-6H2,1-2H3. The zero-order chi connectivity index (χ0) is 13.4. The lowest BCUT2D eigenvalue weighted by Crippen LogP contribution is -2.42. The summed E-state index contributed by atoms with van der Waals surface area (Å²) >= 11 is 2.67. The molecule has 6 nitrogen and oxygen atoms in total. The summed E-state index contributed by atoms with van der Waals surface area (Å²) in [5.74, 6) is 0.435. The van der Waals surface area contributed by atoms with E-state index in [1.807, 2.05) is 13.2 Å². The molecule has 3 unspecified atom stereocenters. The normalized spacial score (nSPS) is 16.2. The monoisotopic (exact) mass is 293 g/mol. The molecule has 1 aromatic heterocycles. The van der Waals surface area contributed by atoms with Gasteiger partial charge in [0.25, 0.3) is 0 Å². The van der Waals surface area contributed by atoms with E-state index in [0.717, 1.165) is 11.7 Å². The van der Waals surface area contributed by atoms with Crippen molar-refractivity contribution in [1.82, 2.24) is 14.1 Å². The van der Waals surface area contributed by atoms with Gasteiger partial charge in [0.2, 0.25) is 5.88 Å². The molecule has 3 N–H and O–H groups in total. The summed E-state index contributed by atoms with van der Waals surface area (Å²) in [6.07, 6.45) is 2.85. The molecule has 8 heteroatoms. The molecule has 0 amide bonds. The molecule has 0 fully saturated rings. The van der Waals surface area contributed by atoms with Gasteiger partial charge in [-0.25, -0.2) is 0 Å². The smallest absolute Gasteiger partial charge is 0.245 e. The van der Waals surface area contributed by atoms with Gasteiger partial charge < -0.3 is 20.3 Å². The molecule has 104 valence electrons. The summed E-state index contributed by atoms with van der Waals surface area (Å²) < 4.78 is 12.9. The largest absolute Gasteiger partial charge is 0.473 e. The molecule has 0 aliphatic heterocycles. The first-order chi connectivity index (χ1) is 8.67. The van der Waals surface area contributed by atoms with Crippen LogP contribution >= 0.6 is 23.5 Å².